The van der Waals surface area contributed by atoms with Gasteiger partial charge in [0.15, 0.2) is 0 Å². The molecule has 0 spiro atoms. The first-order chi connectivity index (χ1) is 18.5. The summed E-state index contributed by atoms with van der Waals surface area (Å²) in [4.78, 5) is 39.1. The third kappa shape index (κ3) is 8.40. The van der Waals surface area contributed by atoms with Gasteiger partial charge in [0, 0.05) is 36.4 Å². The number of carbonyl (C=O) groups excluding carboxylic acids is 3. The maximum atomic E-state index is 13.4. The Bertz CT molecular complexity index is 1190. The van der Waals surface area contributed by atoms with E-state index in [4.69, 9.17) is 16.3 Å². The van der Waals surface area contributed by atoms with Crippen LogP contribution in [0.5, 0.6) is 0 Å². The lowest BCUT2D eigenvalue weighted by atomic mass is 9.96. The Kier molecular flexibility index (Phi) is 11.7. The van der Waals surface area contributed by atoms with Crippen molar-refractivity contribution in [3.05, 3.63) is 65.2 Å². The van der Waals surface area contributed by atoms with Crippen molar-refractivity contribution in [3.8, 4) is 0 Å². The Morgan fingerprint density at radius 1 is 1.03 bits per heavy atom. The molecule has 2 aromatic carbocycles. The van der Waals surface area contributed by atoms with Gasteiger partial charge < -0.3 is 26.1 Å². The molecule has 1 aliphatic heterocycles. The molecule has 212 valence electrons. The average Bonchev–Trinajstić information content (AvgIpc) is 2.93. The van der Waals surface area contributed by atoms with Gasteiger partial charge in [0.2, 0.25) is 11.8 Å². The number of hydrazine groups is 1. The number of ether oxygens (including phenoxy) is 1. The van der Waals surface area contributed by atoms with Crippen LogP contribution in [0.25, 0.3) is 11.4 Å². The zero-order valence-electron chi connectivity index (χ0n) is 24.0. The molecule has 0 aromatic heterocycles. The van der Waals surface area contributed by atoms with Crippen LogP contribution in [0.4, 0.5) is 5.69 Å². The number of amides is 2. The predicted octanol–water partition coefficient (Wildman–Crippen LogP) is 3.72. The van der Waals surface area contributed by atoms with E-state index in [-0.39, 0.29) is 49.5 Å². The average molecular weight is 538 g/mol. The molecule has 0 aliphatic carbocycles. The highest BCUT2D eigenvalue weighted by molar-refractivity contribution is 6.01. The minimum Gasteiger partial charge on any atom is -0.396 e. The summed E-state index contributed by atoms with van der Waals surface area (Å²) in [5, 5.41) is 2.84. The number of hydrogen-bond donors (Lipinski definition) is 4. The summed E-state index contributed by atoms with van der Waals surface area (Å²) >= 11 is 0. The van der Waals surface area contributed by atoms with E-state index in [0.717, 1.165) is 11.1 Å². The van der Waals surface area contributed by atoms with Crippen LogP contribution in [0.3, 0.4) is 0 Å². The first-order valence-electron chi connectivity index (χ1n) is 13.4. The molecule has 0 saturated heterocycles. The highest BCUT2D eigenvalue weighted by atomic mass is 16.5. The third-order valence-corrected chi connectivity index (χ3v) is 6.51. The van der Waals surface area contributed by atoms with Crippen LogP contribution in [0.1, 0.15) is 71.1 Å². The molecule has 1 heterocycles. The summed E-state index contributed by atoms with van der Waals surface area (Å²) in [7, 11) is 0. The molecule has 2 amide bonds. The van der Waals surface area contributed by atoms with Crippen LogP contribution < -0.4 is 27.2 Å². The fraction of sp³-hybridized carbons (Fsp3) is 0.433. The monoisotopic (exact) mass is 537 g/mol. The van der Waals surface area contributed by atoms with E-state index in [1.54, 1.807) is 11.8 Å². The number of para-hydroxylation sites is 1. The van der Waals surface area contributed by atoms with Gasteiger partial charge in [-0.25, -0.2) is 0 Å². The van der Waals surface area contributed by atoms with Gasteiger partial charge in [-0.15, -0.1) is 0 Å². The van der Waals surface area contributed by atoms with Crippen LogP contribution in [-0.4, -0.2) is 36.4 Å². The second-order valence-corrected chi connectivity index (χ2v) is 9.95. The molecule has 1 unspecified atom stereocenters. The highest BCUT2D eigenvalue weighted by Gasteiger charge is 2.27. The zero-order valence-corrected chi connectivity index (χ0v) is 24.0. The molecule has 2 aromatic rings. The van der Waals surface area contributed by atoms with Crippen molar-refractivity contribution >= 4 is 34.7 Å². The number of nitrogens with one attached hydrogen (secondary N) is 2. The number of nitrogens with zero attached hydrogens (tertiary/aromatic N) is 1. The Morgan fingerprint density at radius 2 is 1.64 bits per heavy atom. The maximum Gasteiger partial charge on any atom is 0.227 e. The van der Waals surface area contributed by atoms with Crippen LogP contribution in [0.2, 0.25) is 0 Å². The maximum absolute atomic E-state index is 13.4. The molecule has 1 aliphatic rings. The SMILES string of the molecule is CC.CC(=O)C(C)COC(C)(C)CNC(=O)CCC(=O)N1Cc2ccccc2/C(NN)=C(/N)c2ccccc21. The zero-order chi connectivity index (χ0) is 29.2. The minimum absolute atomic E-state index is 0.0244. The Hall–Kier alpha value is -3.69. The molecule has 39 heavy (non-hydrogen) atoms. The summed E-state index contributed by atoms with van der Waals surface area (Å²) < 4.78 is 5.81. The van der Waals surface area contributed by atoms with Crippen molar-refractivity contribution in [3.63, 3.8) is 0 Å². The van der Waals surface area contributed by atoms with Gasteiger partial charge in [-0.05, 0) is 32.4 Å². The van der Waals surface area contributed by atoms with Crippen molar-refractivity contribution in [2.24, 2.45) is 17.5 Å². The Labute approximate surface area is 231 Å². The van der Waals surface area contributed by atoms with Gasteiger partial charge >= 0.3 is 0 Å². The van der Waals surface area contributed by atoms with Crippen LogP contribution in [-0.2, 0) is 25.7 Å². The summed E-state index contributed by atoms with van der Waals surface area (Å²) in [5.41, 5.74) is 12.6. The third-order valence-electron chi connectivity index (χ3n) is 6.51. The topological polar surface area (TPSA) is 140 Å². The van der Waals surface area contributed by atoms with E-state index < -0.39 is 5.60 Å². The number of anilines is 1. The van der Waals surface area contributed by atoms with Crippen molar-refractivity contribution in [2.75, 3.05) is 18.1 Å². The van der Waals surface area contributed by atoms with Crippen LogP contribution >= 0.6 is 0 Å². The molecule has 0 radical (unpaired) electrons. The lowest BCUT2D eigenvalue weighted by Gasteiger charge is -2.30. The lowest BCUT2D eigenvalue weighted by molar-refractivity contribution is -0.128. The number of rotatable bonds is 10. The first kappa shape index (κ1) is 31.5. The number of fused-ring (bicyclic) bond motifs is 2. The van der Waals surface area contributed by atoms with E-state index in [9.17, 15) is 14.4 Å². The molecule has 6 N–H and O–H groups in total. The molecule has 9 nitrogen and oxygen atoms in total. The Morgan fingerprint density at radius 3 is 2.28 bits per heavy atom. The molecule has 1 atom stereocenters. The molecular formula is C30H43N5O4. The number of carbonyl (C=O) groups is 3. The fourth-order valence-electron chi connectivity index (χ4n) is 4.03. The van der Waals surface area contributed by atoms with Crippen LogP contribution in [0.15, 0.2) is 48.5 Å². The normalized spacial score (nSPS) is 15.4. The molecule has 0 saturated carbocycles. The molecule has 0 fully saturated rings. The summed E-state index contributed by atoms with van der Waals surface area (Å²) in [6.45, 7) is 11.9. The second-order valence-electron chi connectivity index (χ2n) is 9.95. The number of ketones is 1. The van der Waals surface area contributed by atoms with Gasteiger partial charge in [-0.2, -0.15) is 0 Å². The summed E-state index contributed by atoms with van der Waals surface area (Å²) in [5.74, 6) is 5.23. The van der Waals surface area contributed by atoms with Crippen molar-refractivity contribution in [1.82, 2.24) is 10.7 Å². The molecule has 9 heteroatoms. The molecule has 3 rings (SSSR count). The largest absolute Gasteiger partial charge is 0.396 e. The quantitative estimate of drug-likeness (QED) is 0.267. The van der Waals surface area contributed by atoms with Crippen molar-refractivity contribution in [1.29, 1.82) is 0 Å². The molecular weight excluding hydrogens is 494 g/mol. The van der Waals surface area contributed by atoms with Gasteiger partial charge in [-0.1, -0.05) is 63.2 Å². The van der Waals surface area contributed by atoms with E-state index in [1.165, 1.54) is 6.92 Å². The predicted molar refractivity (Wildman–Crippen MR) is 156 cm³/mol. The number of benzene rings is 2. The number of Topliss-reactive ketones (excluding diaryl/α,β-unsaturated/α-hetero) is 1. The van der Waals surface area contributed by atoms with Crippen molar-refractivity contribution < 1.29 is 19.1 Å². The van der Waals surface area contributed by atoms with Crippen LogP contribution in [0, 0.1) is 5.92 Å². The standard InChI is InChI=1S/C28H37N5O4.C2H6/c1-18(19(2)34)16-37-28(3,4)17-31-24(35)13-14-25(36)33-15-20-9-5-6-10-21(20)27(32-30)26(29)22-11-7-8-12-23(22)33;1-2/h5-12,18,32H,13-17,29-30H2,1-4H3,(H,31,35);1-2H3/b27-26-;. The van der Waals surface area contributed by atoms with E-state index in [1.807, 2.05) is 76.2 Å². The van der Waals surface area contributed by atoms with Gasteiger partial charge in [0.05, 0.1) is 35.8 Å². The number of hydrogen-bond acceptors (Lipinski definition) is 7. The minimum atomic E-state index is -0.645. The van der Waals surface area contributed by atoms with E-state index in [0.29, 0.717) is 29.2 Å². The first-order valence-corrected chi connectivity index (χ1v) is 13.4. The Balaban J connectivity index is 0.00000260. The fourth-order valence-corrected chi connectivity index (χ4v) is 4.03. The second kappa shape index (κ2) is 14.5. The lowest BCUT2D eigenvalue weighted by Crippen LogP contribution is -2.42. The van der Waals surface area contributed by atoms with Gasteiger partial charge in [-0.3, -0.25) is 20.2 Å². The summed E-state index contributed by atoms with van der Waals surface area (Å²) in [6.07, 6.45) is 0.0522. The van der Waals surface area contributed by atoms with E-state index >= 15 is 0 Å². The highest BCUT2D eigenvalue weighted by Crippen LogP contribution is 2.34. The molecule has 0 bridgehead atoms. The van der Waals surface area contributed by atoms with Gasteiger partial charge in [0.25, 0.3) is 0 Å². The smallest absolute Gasteiger partial charge is 0.227 e. The number of nitrogens with two attached hydrogens (primary N) is 2. The van der Waals surface area contributed by atoms with Crippen molar-refractivity contribution in [2.45, 2.75) is 66.5 Å². The van der Waals surface area contributed by atoms with E-state index in [2.05, 4.69) is 10.7 Å². The van der Waals surface area contributed by atoms with Gasteiger partial charge in [0.1, 0.15) is 5.78 Å². The summed E-state index contributed by atoms with van der Waals surface area (Å²) in [6, 6.07) is 15.0.